The van der Waals surface area contributed by atoms with E-state index in [4.69, 9.17) is 4.98 Å². The number of hydrogen-bond donors (Lipinski definition) is 0. The molecule has 0 saturated carbocycles. The van der Waals surface area contributed by atoms with Crippen molar-refractivity contribution in [3.63, 3.8) is 0 Å². The number of rotatable bonds is 1. The number of pyridine rings is 1. The second-order valence-corrected chi connectivity index (χ2v) is 4.89. The molecule has 0 unspecified atom stereocenters. The highest BCUT2D eigenvalue weighted by molar-refractivity contribution is 6.10. The summed E-state index contributed by atoms with van der Waals surface area (Å²) in [4.78, 5) is 4.87. The fraction of sp³-hybridized carbons (Fsp3) is 0. The second kappa shape index (κ2) is 4.46. The van der Waals surface area contributed by atoms with Crippen molar-refractivity contribution in [2.75, 3.05) is 0 Å². The third-order valence-electron chi connectivity index (χ3n) is 3.66. The first-order chi connectivity index (χ1) is 9.93. The third-order valence-corrected chi connectivity index (χ3v) is 3.66. The maximum atomic E-state index is 4.87. The molecule has 0 fully saturated rings. The van der Waals surface area contributed by atoms with Crippen LogP contribution in [0, 0.1) is 0 Å². The summed E-state index contributed by atoms with van der Waals surface area (Å²) in [5.41, 5.74) is 3.26. The van der Waals surface area contributed by atoms with Gasteiger partial charge in [-0.3, -0.25) is 0 Å². The lowest BCUT2D eigenvalue weighted by molar-refractivity contribution is 1.43. The van der Waals surface area contributed by atoms with Crippen molar-refractivity contribution < 1.29 is 0 Å². The molecule has 1 heteroatoms. The molecule has 1 heterocycles. The topological polar surface area (TPSA) is 12.9 Å². The van der Waals surface area contributed by atoms with Gasteiger partial charge in [0, 0.05) is 16.3 Å². The molecule has 0 amide bonds. The first kappa shape index (κ1) is 11.2. The fourth-order valence-electron chi connectivity index (χ4n) is 2.72. The van der Waals surface area contributed by atoms with Gasteiger partial charge in [-0.1, -0.05) is 72.8 Å². The minimum atomic E-state index is 1.05. The molecule has 0 aliphatic rings. The molecule has 0 atom stereocenters. The van der Waals surface area contributed by atoms with Crippen LogP contribution in [0.15, 0.2) is 78.9 Å². The Morgan fingerprint density at radius 2 is 1.10 bits per heavy atom. The van der Waals surface area contributed by atoms with Crippen LogP contribution >= 0.6 is 0 Å². The lowest BCUT2D eigenvalue weighted by Crippen LogP contribution is -1.88. The number of para-hydroxylation sites is 1. The largest absolute Gasteiger partial charge is 0.247 e. The van der Waals surface area contributed by atoms with Gasteiger partial charge in [0.1, 0.15) is 0 Å². The van der Waals surface area contributed by atoms with Gasteiger partial charge >= 0.3 is 0 Å². The molecule has 0 spiro atoms. The van der Waals surface area contributed by atoms with Crippen LogP contribution in [-0.2, 0) is 0 Å². The van der Waals surface area contributed by atoms with E-state index in [0.29, 0.717) is 0 Å². The van der Waals surface area contributed by atoms with Crippen molar-refractivity contribution in [1.82, 2.24) is 4.98 Å². The average Bonchev–Trinajstić information content (AvgIpc) is 2.55. The molecule has 4 aromatic rings. The normalized spacial score (nSPS) is 11.0. The van der Waals surface area contributed by atoms with E-state index >= 15 is 0 Å². The molecule has 0 aliphatic heterocycles. The highest BCUT2D eigenvalue weighted by Gasteiger charge is 2.08. The standard InChI is InChI=1S/C19H13N/c1-2-8-14(9-3-1)19-17-12-5-4-10-15(17)16-11-6-7-13-18(16)20-19/h1-13H. The highest BCUT2D eigenvalue weighted by atomic mass is 14.7. The van der Waals surface area contributed by atoms with E-state index in [1.165, 1.54) is 16.2 Å². The second-order valence-electron chi connectivity index (χ2n) is 4.89. The number of aromatic nitrogens is 1. The van der Waals surface area contributed by atoms with E-state index in [-0.39, 0.29) is 0 Å². The van der Waals surface area contributed by atoms with Crippen LogP contribution in [0.1, 0.15) is 0 Å². The number of benzene rings is 3. The molecule has 0 saturated heterocycles. The van der Waals surface area contributed by atoms with Crippen LogP contribution in [0.2, 0.25) is 0 Å². The van der Waals surface area contributed by atoms with Crippen LogP contribution in [0.3, 0.4) is 0 Å². The van der Waals surface area contributed by atoms with Gasteiger partial charge < -0.3 is 0 Å². The monoisotopic (exact) mass is 255 g/mol. The molecule has 3 aromatic carbocycles. The molecule has 0 N–H and O–H groups in total. The first-order valence-electron chi connectivity index (χ1n) is 6.76. The number of hydrogen-bond acceptors (Lipinski definition) is 1. The Labute approximate surface area is 117 Å². The van der Waals surface area contributed by atoms with E-state index in [2.05, 4.69) is 66.7 Å². The van der Waals surface area contributed by atoms with Crippen LogP contribution in [-0.4, -0.2) is 4.98 Å². The van der Waals surface area contributed by atoms with E-state index in [9.17, 15) is 0 Å². The smallest absolute Gasteiger partial charge is 0.0788 e. The van der Waals surface area contributed by atoms with E-state index < -0.39 is 0 Å². The lowest BCUT2D eigenvalue weighted by Gasteiger charge is -2.09. The molecule has 4 rings (SSSR count). The molecule has 1 nitrogen and oxygen atoms in total. The Bertz CT molecular complexity index is 895. The first-order valence-corrected chi connectivity index (χ1v) is 6.76. The van der Waals surface area contributed by atoms with Gasteiger partial charge in [0.25, 0.3) is 0 Å². The van der Waals surface area contributed by atoms with E-state index in [1.807, 2.05) is 12.1 Å². The molecular weight excluding hydrogens is 242 g/mol. The summed E-state index contributed by atoms with van der Waals surface area (Å²) in [5, 5.41) is 3.68. The van der Waals surface area contributed by atoms with Crippen LogP contribution < -0.4 is 0 Å². The van der Waals surface area contributed by atoms with Gasteiger partial charge in [-0.15, -0.1) is 0 Å². The molecular formula is C19H13N. The summed E-state index contributed by atoms with van der Waals surface area (Å²) >= 11 is 0. The van der Waals surface area contributed by atoms with E-state index in [0.717, 1.165) is 16.8 Å². The maximum absolute atomic E-state index is 4.87. The SMILES string of the molecule is c1ccc(-c2nc3ccccc3c3ccccc23)cc1. The Hall–Kier alpha value is -2.67. The Balaban J connectivity index is 2.19. The van der Waals surface area contributed by atoms with Crippen LogP contribution in [0.25, 0.3) is 32.9 Å². The predicted molar refractivity (Wildman–Crippen MR) is 84.7 cm³/mol. The van der Waals surface area contributed by atoms with Gasteiger partial charge in [-0.05, 0) is 11.5 Å². The van der Waals surface area contributed by atoms with Crippen molar-refractivity contribution in [3.8, 4) is 11.3 Å². The quantitative estimate of drug-likeness (QED) is 0.433. The van der Waals surface area contributed by atoms with Gasteiger partial charge in [-0.2, -0.15) is 0 Å². The Kier molecular flexibility index (Phi) is 2.49. The van der Waals surface area contributed by atoms with Gasteiger partial charge in [0.05, 0.1) is 11.2 Å². The summed E-state index contributed by atoms with van der Waals surface area (Å²) in [7, 11) is 0. The molecule has 0 bridgehead atoms. The third kappa shape index (κ3) is 1.68. The lowest BCUT2D eigenvalue weighted by atomic mass is 10.0. The molecule has 94 valence electrons. The molecule has 0 aliphatic carbocycles. The van der Waals surface area contributed by atoms with Crippen molar-refractivity contribution in [3.05, 3.63) is 78.9 Å². The Morgan fingerprint density at radius 1 is 0.500 bits per heavy atom. The minimum Gasteiger partial charge on any atom is -0.247 e. The molecule has 1 aromatic heterocycles. The number of nitrogens with zero attached hydrogens (tertiary/aromatic N) is 1. The van der Waals surface area contributed by atoms with Crippen LogP contribution in [0.4, 0.5) is 0 Å². The summed E-state index contributed by atoms with van der Waals surface area (Å²) in [6.45, 7) is 0. The van der Waals surface area contributed by atoms with Crippen molar-refractivity contribution in [2.24, 2.45) is 0 Å². The summed E-state index contributed by atoms with van der Waals surface area (Å²) in [5.74, 6) is 0. The van der Waals surface area contributed by atoms with Crippen LogP contribution in [0.5, 0.6) is 0 Å². The Morgan fingerprint density at radius 3 is 1.90 bits per heavy atom. The van der Waals surface area contributed by atoms with Crippen molar-refractivity contribution in [1.29, 1.82) is 0 Å². The predicted octanol–water partition coefficient (Wildman–Crippen LogP) is 5.06. The van der Waals surface area contributed by atoms with Crippen molar-refractivity contribution >= 4 is 21.7 Å². The zero-order chi connectivity index (χ0) is 13.4. The van der Waals surface area contributed by atoms with Gasteiger partial charge in [-0.25, -0.2) is 4.98 Å². The summed E-state index contributed by atoms with van der Waals surface area (Å²) in [6, 6.07) is 27.2. The maximum Gasteiger partial charge on any atom is 0.0788 e. The van der Waals surface area contributed by atoms with Crippen molar-refractivity contribution in [2.45, 2.75) is 0 Å². The molecule has 20 heavy (non-hydrogen) atoms. The molecule has 0 radical (unpaired) electrons. The summed E-state index contributed by atoms with van der Waals surface area (Å²) < 4.78 is 0. The zero-order valence-corrected chi connectivity index (χ0v) is 11.0. The average molecular weight is 255 g/mol. The van der Waals surface area contributed by atoms with Gasteiger partial charge in [0.2, 0.25) is 0 Å². The van der Waals surface area contributed by atoms with Gasteiger partial charge in [0.15, 0.2) is 0 Å². The highest BCUT2D eigenvalue weighted by Crippen LogP contribution is 2.31. The fourth-order valence-corrected chi connectivity index (χ4v) is 2.72. The zero-order valence-electron chi connectivity index (χ0n) is 11.0. The minimum absolute atomic E-state index is 1.05. The summed E-state index contributed by atoms with van der Waals surface area (Å²) in [6.07, 6.45) is 0. The number of fused-ring (bicyclic) bond motifs is 3. The van der Waals surface area contributed by atoms with E-state index in [1.54, 1.807) is 0 Å².